The van der Waals surface area contributed by atoms with Crippen molar-refractivity contribution in [1.29, 1.82) is 0 Å². The Bertz CT molecular complexity index is 896. The molecule has 2 aromatic carbocycles. The van der Waals surface area contributed by atoms with Crippen molar-refractivity contribution in [3.05, 3.63) is 78.4 Å². The largest absolute Gasteiger partial charge is 0.360 e. The molecule has 3 nitrogen and oxygen atoms in total. The molecule has 1 unspecified atom stereocenters. The van der Waals surface area contributed by atoms with Crippen molar-refractivity contribution in [3.63, 3.8) is 0 Å². The van der Waals surface area contributed by atoms with Crippen LogP contribution >= 0.6 is 0 Å². The summed E-state index contributed by atoms with van der Waals surface area (Å²) in [6.45, 7) is 6.44. The molecule has 1 N–H and O–H groups in total. The number of para-hydroxylation sites is 1. The number of hydrogen-bond acceptors (Lipinski definition) is 3. The molecule has 144 valence electrons. The minimum atomic E-state index is -0.0698. The zero-order chi connectivity index (χ0) is 18.7. The van der Waals surface area contributed by atoms with E-state index >= 15 is 0 Å². The average Bonchev–Trinajstić information content (AvgIpc) is 3.09. The maximum Gasteiger partial charge on any atom is 0.129 e. The predicted molar refractivity (Wildman–Crippen MR) is 112 cm³/mol. The average molecular weight is 373 g/mol. The molecule has 4 fully saturated rings. The summed E-state index contributed by atoms with van der Waals surface area (Å²) in [7, 11) is 0. The minimum absolute atomic E-state index is 0.0698. The van der Waals surface area contributed by atoms with E-state index in [1.807, 2.05) is 0 Å². The molecule has 0 radical (unpaired) electrons. The molecule has 5 aliphatic rings. The minimum Gasteiger partial charge on any atom is -0.360 e. The molecule has 4 bridgehead atoms. The number of anilines is 1. The summed E-state index contributed by atoms with van der Waals surface area (Å²) in [6.07, 6.45) is 6.01. The lowest BCUT2D eigenvalue weighted by Gasteiger charge is -2.53. The van der Waals surface area contributed by atoms with Gasteiger partial charge in [0.1, 0.15) is 6.23 Å². The number of benzene rings is 2. The van der Waals surface area contributed by atoms with Crippen LogP contribution in [0.5, 0.6) is 0 Å². The van der Waals surface area contributed by atoms with E-state index in [-0.39, 0.29) is 17.7 Å². The van der Waals surface area contributed by atoms with E-state index in [4.69, 9.17) is 4.74 Å². The topological polar surface area (TPSA) is 24.5 Å². The monoisotopic (exact) mass is 372 g/mol. The van der Waals surface area contributed by atoms with E-state index in [0.717, 1.165) is 18.9 Å². The first kappa shape index (κ1) is 16.8. The first-order valence-electron chi connectivity index (χ1n) is 10.7. The molecule has 5 heterocycles. The highest BCUT2D eigenvalue weighted by atomic mass is 16.5. The summed E-state index contributed by atoms with van der Waals surface area (Å²) in [4.78, 5) is 2.70. The van der Waals surface area contributed by atoms with Crippen molar-refractivity contribution in [2.75, 3.05) is 18.4 Å². The number of rotatable bonds is 3. The second-order valence-electron chi connectivity index (χ2n) is 9.02. The van der Waals surface area contributed by atoms with Crippen LogP contribution in [0.25, 0.3) is 0 Å². The fraction of sp³-hybridized carbons (Fsp3) is 0.440. The van der Waals surface area contributed by atoms with Crippen LogP contribution < -0.4 is 5.32 Å². The Hall–Kier alpha value is -2.10. The Labute approximate surface area is 167 Å². The quantitative estimate of drug-likeness (QED) is 0.808. The van der Waals surface area contributed by atoms with Gasteiger partial charge in [-0.3, -0.25) is 4.90 Å². The highest BCUT2D eigenvalue weighted by molar-refractivity contribution is 5.63. The SMILES string of the molecule is C=C[C@H]1CN2CC[C@H]1C[C@@H]2[C@@H]1O[C@H]2C[C@]1(c1ccccc1)c1ccccc1N2. The third-order valence-electron chi connectivity index (χ3n) is 7.82. The van der Waals surface area contributed by atoms with Crippen LogP contribution in [0.1, 0.15) is 30.4 Å². The Balaban J connectivity index is 1.49. The maximum absolute atomic E-state index is 6.81. The van der Waals surface area contributed by atoms with E-state index in [2.05, 4.69) is 77.5 Å². The third kappa shape index (κ3) is 2.23. The fourth-order valence-corrected chi connectivity index (χ4v) is 6.55. The van der Waals surface area contributed by atoms with Crippen LogP contribution in [-0.4, -0.2) is 36.4 Å². The first-order chi connectivity index (χ1) is 13.8. The van der Waals surface area contributed by atoms with Gasteiger partial charge >= 0.3 is 0 Å². The summed E-state index contributed by atoms with van der Waals surface area (Å²) in [5.41, 5.74) is 3.98. The van der Waals surface area contributed by atoms with Crippen LogP contribution in [0.3, 0.4) is 0 Å². The normalized spacial score (nSPS) is 40.6. The molecule has 0 spiro atoms. The molecule has 3 heteroatoms. The van der Waals surface area contributed by atoms with Crippen LogP contribution in [0.2, 0.25) is 0 Å². The van der Waals surface area contributed by atoms with Crippen molar-refractivity contribution in [2.45, 2.75) is 43.1 Å². The van der Waals surface area contributed by atoms with E-state index in [1.165, 1.54) is 36.2 Å². The zero-order valence-corrected chi connectivity index (χ0v) is 16.3. The van der Waals surface area contributed by atoms with E-state index < -0.39 is 0 Å². The van der Waals surface area contributed by atoms with Crippen molar-refractivity contribution >= 4 is 5.69 Å². The lowest BCUT2D eigenvalue weighted by molar-refractivity contribution is -0.0744. The van der Waals surface area contributed by atoms with Gasteiger partial charge in [0.05, 0.1) is 11.5 Å². The number of nitrogens with one attached hydrogen (secondary N) is 1. The smallest absolute Gasteiger partial charge is 0.129 e. The van der Waals surface area contributed by atoms with Gasteiger partial charge in [0.25, 0.3) is 0 Å². The van der Waals surface area contributed by atoms with Gasteiger partial charge in [-0.2, -0.15) is 0 Å². The van der Waals surface area contributed by atoms with Gasteiger partial charge in [0.2, 0.25) is 0 Å². The van der Waals surface area contributed by atoms with Crippen LogP contribution in [0.15, 0.2) is 67.3 Å². The summed E-state index contributed by atoms with van der Waals surface area (Å²) < 4.78 is 6.81. The molecule has 0 saturated carbocycles. The zero-order valence-electron chi connectivity index (χ0n) is 16.3. The number of fused-ring (bicyclic) bond motifs is 7. The highest BCUT2D eigenvalue weighted by Gasteiger charge is 2.59. The van der Waals surface area contributed by atoms with Gasteiger partial charge in [0.15, 0.2) is 0 Å². The maximum atomic E-state index is 6.81. The Morgan fingerprint density at radius 2 is 1.93 bits per heavy atom. The van der Waals surface area contributed by atoms with Crippen LogP contribution in [0.4, 0.5) is 5.69 Å². The lowest BCUT2D eigenvalue weighted by Crippen LogP contribution is -2.60. The Morgan fingerprint density at radius 3 is 2.71 bits per heavy atom. The number of hydrogen-bond donors (Lipinski definition) is 1. The van der Waals surface area contributed by atoms with E-state index in [1.54, 1.807) is 0 Å². The van der Waals surface area contributed by atoms with Gasteiger partial charge in [-0.1, -0.05) is 54.6 Å². The summed E-state index contributed by atoms with van der Waals surface area (Å²) in [5, 5.41) is 3.66. The molecular weight excluding hydrogens is 344 g/mol. The summed E-state index contributed by atoms with van der Waals surface area (Å²) in [6, 6.07) is 20.4. The van der Waals surface area contributed by atoms with Gasteiger partial charge in [-0.25, -0.2) is 0 Å². The molecule has 7 rings (SSSR count). The molecule has 2 aromatic rings. The Morgan fingerprint density at radius 1 is 1.11 bits per heavy atom. The van der Waals surface area contributed by atoms with Crippen molar-refractivity contribution in [1.82, 2.24) is 4.90 Å². The van der Waals surface area contributed by atoms with Gasteiger partial charge < -0.3 is 10.1 Å². The fourth-order valence-electron chi connectivity index (χ4n) is 6.55. The standard InChI is InChI=1S/C25H28N2O/c1-2-17-16-27-13-12-18(17)14-22(27)24-25(19-8-4-3-5-9-19)15-23(28-24)26-21-11-7-6-10-20(21)25/h2-11,17-18,22-24,26H,1,12-16H2/t17-,18-,22+,23-,24-,25-/m0/s1. The highest BCUT2D eigenvalue weighted by Crippen LogP contribution is 2.55. The van der Waals surface area contributed by atoms with E-state index in [9.17, 15) is 0 Å². The summed E-state index contributed by atoms with van der Waals surface area (Å²) >= 11 is 0. The lowest BCUT2D eigenvalue weighted by atomic mass is 9.63. The Kier molecular flexibility index (Phi) is 3.72. The molecule has 0 aromatic heterocycles. The number of piperidine rings is 3. The van der Waals surface area contributed by atoms with Crippen molar-refractivity contribution in [3.8, 4) is 0 Å². The molecule has 28 heavy (non-hydrogen) atoms. The van der Waals surface area contributed by atoms with Gasteiger partial charge in [0, 0.05) is 24.7 Å². The molecule has 4 saturated heterocycles. The van der Waals surface area contributed by atoms with Gasteiger partial charge in [-0.05, 0) is 48.4 Å². The third-order valence-corrected chi connectivity index (χ3v) is 7.82. The molecule has 7 atom stereocenters. The first-order valence-corrected chi connectivity index (χ1v) is 10.7. The second kappa shape index (κ2) is 6.20. The molecule has 0 aliphatic carbocycles. The number of nitrogens with zero attached hydrogens (tertiary/aromatic N) is 1. The summed E-state index contributed by atoms with van der Waals surface area (Å²) in [5.74, 6) is 1.40. The van der Waals surface area contributed by atoms with Crippen molar-refractivity contribution < 1.29 is 4.74 Å². The van der Waals surface area contributed by atoms with Crippen LogP contribution in [-0.2, 0) is 10.2 Å². The van der Waals surface area contributed by atoms with Crippen LogP contribution in [0, 0.1) is 11.8 Å². The predicted octanol–water partition coefficient (Wildman–Crippen LogP) is 4.41. The van der Waals surface area contributed by atoms with E-state index in [0.29, 0.717) is 12.0 Å². The molecule has 5 aliphatic heterocycles. The molecular formula is C25H28N2O. The second-order valence-corrected chi connectivity index (χ2v) is 9.02. The van der Waals surface area contributed by atoms with Gasteiger partial charge in [-0.15, -0.1) is 6.58 Å². The molecule has 0 amide bonds. The number of ether oxygens (including phenoxy) is 1. The van der Waals surface area contributed by atoms with Crippen molar-refractivity contribution in [2.24, 2.45) is 11.8 Å².